The highest BCUT2D eigenvalue weighted by Gasteiger charge is 2.27. The van der Waals surface area contributed by atoms with Gasteiger partial charge in [0.2, 0.25) is 0 Å². The second kappa shape index (κ2) is 7.24. The van der Waals surface area contributed by atoms with E-state index in [-0.39, 0.29) is 6.04 Å². The molecule has 1 saturated heterocycles. The van der Waals surface area contributed by atoms with Crippen molar-refractivity contribution in [3.63, 3.8) is 0 Å². The summed E-state index contributed by atoms with van der Waals surface area (Å²) in [6, 6.07) is 15.4. The van der Waals surface area contributed by atoms with Gasteiger partial charge in [0.1, 0.15) is 0 Å². The summed E-state index contributed by atoms with van der Waals surface area (Å²) < 4.78 is 0. The van der Waals surface area contributed by atoms with Crippen LogP contribution in [0.5, 0.6) is 0 Å². The third kappa shape index (κ3) is 3.55. The lowest BCUT2D eigenvalue weighted by molar-refractivity contribution is 0.198. The summed E-state index contributed by atoms with van der Waals surface area (Å²) in [5.41, 5.74) is 2.50. The molecule has 0 aromatic heterocycles. The van der Waals surface area contributed by atoms with Gasteiger partial charge in [0, 0.05) is 23.2 Å². The van der Waals surface area contributed by atoms with Crippen LogP contribution in [0, 0.1) is 0 Å². The number of nitrogens with zero attached hydrogens (tertiary/aromatic N) is 2. The number of hydrogen-bond donors (Lipinski definition) is 1. The normalized spacial score (nSPS) is 17.8. The van der Waals surface area contributed by atoms with Crippen LogP contribution in [0.4, 0.5) is 10.5 Å². The Bertz CT molecular complexity index is 735. The SMILES string of the molecule is CN1CCCC1CN(C(=O)O)c1ccccc1-c1cccc(Cl)c1. The first-order chi connectivity index (χ1) is 11.6. The van der Waals surface area contributed by atoms with Gasteiger partial charge in [-0.3, -0.25) is 4.90 Å². The van der Waals surface area contributed by atoms with Crippen molar-refractivity contribution in [3.05, 3.63) is 53.6 Å². The summed E-state index contributed by atoms with van der Waals surface area (Å²) in [6.45, 7) is 1.50. The van der Waals surface area contributed by atoms with Gasteiger partial charge in [0.05, 0.1) is 5.69 Å². The number of rotatable bonds is 4. The van der Waals surface area contributed by atoms with Crippen LogP contribution in [0.25, 0.3) is 11.1 Å². The average molecular weight is 345 g/mol. The van der Waals surface area contributed by atoms with Gasteiger partial charge in [-0.05, 0) is 50.2 Å². The lowest BCUT2D eigenvalue weighted by Crippen LogP contribution is -2.41. The molecule has 3 rings (SSSR count). The lowest BCUT2D eigenvalue weighted by Gasteiger charge is -2.28. The number of benzene rings is 2. The first kappa shape index (κ1) is 16.8. The summed E-state index contributed by atoms with van der Waals surface area (Å²) in [5.74, 6) is 0. The van der Waals surface area contributed by atoms with Crippen molar-refractivity contribution in [3.8, 4) is 11.1 Å². The minimum absolute atomic E-state index is 0.258. The number of amides is 1. The maximum absolute atomic E-state index is 11.9. The predicted molar refractivity (Wildman–Crippen MR) is 97.9 cm³/mol. The van der Waals surface area contributed by atoms with Gasteiger partial charge < -0.3 is 10.0 Å². The summed E-state index contributed by atoms with van der Waals surface area (Å²) >= 11 is 6.11. The molecule has 0 radical (unpaired) electrons. The van der Waals surface area contributed by atoms with Gasteiger partial charge in [0.25, 0.3) is 0 Å². The standard InChI is InChI=1S/C19H21ClN2O2/c1-21-11-5-8-16(21)13-22(19(23)24)18-10-3-2-9-17(18)14-6-4-7-15(20)12-14/h2-4,6-7,9-10,12,16H,5,8,11,13H2,1H3,(H,23,24). The molecule has 1 heterocycles. The number of hydrogen-bond acceptors (Lipinski definition) is 2. The molecule has 1 aliphatic rings. The van der Waals surface area contributed by atoms with E-state index in [0.717, 1.165) is 30.5 Å². The summed E-state index contributed by atoms with van der Waals surface area (Å²) in [6.07, 6.45) is 1.22. The van der Waals surface area contributed by atoms with Crippen molar-refractivity contribution in [2.24, 2.45) is 0 Å². The van der Waals surface area contributed by atoms with E-state index in [9.17, 15) is 9.90 Å². The molecule has 2 aromatic rings. The Hall–Kier alpha value is -2.04. The van der Waals surface area contributed by atoms with Gasteiger partial charge in [0.15, 0.2) is 0 Å². The monoisotopic (exact) mass is 344 g/mol. The summed E-state index contributed by atoms with van der Waals surface area (Å²) in [7, 11) is 2.06. The zero-order valence-electron chi connectivity index (χ0n) is 13.7. The van der Waals surface area contributed by atoms with Crippen molar-refractivity contribution in [2.45, 2.75) is 18.9 Å². The molecule has 0 spiro atoms. The van der Waals surface area contributed by atoms with Gasteiger partial charge in [-0.15, -0.1) is 0 Å². The second-order valence-electron chi connectivity index (χ2n) is 6.20. The van der Waals surface area contributed by atoms with Crippen LogP contribution in [-0.4, -0.2) is 42.3 Å². The molecule has 126 valence electrons. The Kier molecular flexibility index (Phi) is 5.07. The largest absolute Gasteiger partial charge is 0.465 e. The van der Waals surface area contributed by atoms with Crippen LogP contribution in [-0.2, 0) is 0 Å². The van der Waals surface area contributed by atoms with Crippen LogP contribution in [0.1, 0.15) is 12.8 Å². The fourth-order valence-corrected chi connectivity index (χ4v) is 3.50. The van der Waals surface area contributed by atoms with Crippen LogP contribution >= 0.6 is 11.6 Å². The molecule has 1 fully saturated rings. The van der Waals surface area contributed by atoms with Crippen LogP contribution < -0.4 is 4.90 Å². The molecule has 1 aliphatic heterocycles. The van der Waals surface area contributed by atoms with E-state index < -0.39 is 6.09 Å². The first-order valence-corrected chi connectivity index (χ1v) is 8.49. The Morgan fingerprint density at radius 3 is 2.75 bits per heavy atom. The highest BCUT2D eigenvalue weighted by molar-refractivity contribution is 6.30. The molecule has 0 bridgehead atoms. The average Bonchev–Trinajstić information content (AvgIpc) is 2.97. The van der Waals surface area contributed by atoms with Crippen LogP contribution in [0.3, 0.4) is 0 Å². The summed E-state index contributed by atoms with van der Waals surface area (Å²) in [5, 5.41) is 10.4. The molecule has 1 atom stereocenters. The maximum Gasteiger partial charge on any atom is 0.411 e. The maximum atomic E-state index is 11.9. The van der Waals surface area contributed by atoms with Crippen molar-refractivity contribution in [1.29, 1.82) is 0 Å². The minimum Gasteiger partial charge on any atom is -0.465 e. The molecule has 4 nitrogen and oxygen atoms in total. The van der Waals surface area contributed by atoms with Gasteiger partial charge in [-0.2, -0.15) is 0 Å². The highest BCUT2D eigenvalue weighted by Crippen LogP contribution is 2.33. The van der Waals surface area contributed by atoms with E-state index >= 15 is 0 Å². The molecule has 1 N–H and O–H groups in total. The molecule has 24 heavy (non-hydrogen) atoms. The Balaban J connectivity index is 1.98. The fraction of sp³-hybridized carbons (Fsp3) is 0.316. The number of likely N-dealkylation sites (N-methyl/N-ethyl adjacent to an activating group) is 1. The van der Waals surface area contributed by atoms with E-state index in [2.05, 4.69) is 11.9 Å². The lowest BCUT2D eigenvalue weighted by atomic mass is 10.0. The number of anilines is 1. The van der Waals surface area contributed by atoms with Crippen molar-refractivity contribution in [2.75, 3.05) is 25.0 Å². The van der Waals surface area contributed by atoms with Crippen molar-refractivity contribution >= 4 is 23.4 Å². The second-order valence-corrected chi connectivity index (χ2v) is 6.63. The third-order valence-corrected chi connectivity index (χ3v) is 4.86. The Labute approximate surface area is 147 Å². The molecule has 2 aromatic carbocycles. The van der Waals surface area contributed by atoms with Crippen molar-refractivity contribution < 1.29 is 9.90 Å². The Morgan fingerprint density at radius 1 is 1.29 bits per heavy atom. The van der Waals surface area contributed by atoms with Crippen LogP contribution in [0.2, 0.25) is 5.02 Å². The molecular formula is C19H21ClN2O2. The van der Waals surface area contributed by atoms with Gasteiger partial charge in [-0.1, -0.05) is 41.9 Å². The quantitative estimate of drug-likeness (QED) is 0.882. The Morgan fingerprint density at radius 2 is 2.08 bits per heavy atom. The molecule has 1 amide bonds. The fourth-order valence-electron chi connectivity index (χ4n) is 3.31. The predicted octanol–water partition coefficient (Wildman–Crippen LogP) is 4.59. The van der Waals surface area contributed by atoms with Gasteiger partial charge in [-0.25, -0.2) is 4.79 Å². The van der Waals surface area contributed by atoms with E-state index in [1.54, 1.807) is 0 Å². The highest BCUT2D eigenvalue weighted by atomic mass is 35.5. The number of carbonyl (C=O) groups is 1. The van der Waals surface area contributed by atoms with E-state index in [1.165, 1.54) is 4.90 Å². The topological polar surface area (TPSA) is 43.8 Å². The third-order valence-electron chi connectivity index (χ3n) is 4.63. The van der Waals surface area contributed by atoms with Crippen LogP contribution in [0.15, 0.2) is 48.5 Å². The first-order valence-electron chi connectivity index (χ1n) is 8.12. The van der Waals surface area contributed by atoms with Gasteiger partial charge >= 0.3 is 6.09 Å². The van der Waals surface area contributed by atoms with E-state index in [1.807, 2.05) is 48.5 Å². The molecule has 0 aliphatic carbocycles. The molecule has 1 unspecified atom stereocenters. The molecule has 5 heteroatoms. The zero-order valence-corrected chi connectivity index (χ0v) is 14.4. The smallest absolute Gasteiger partial charge is 0.411 e. The number of carboxylic acid groups (broad SMARTS) is 1. The summed E-state index contributed by atoms with van der Waals surface area (Å²) in [4.78, 5) is 15.6. The zero-order chi connectivity index (χ0) is 17.1. The number of halogens is 1. The van der Waals surface area contributed by atoms with E-state index in [0.29, 0.717) is 17.3 Å². The minimum atomic E-state index is -0.926. The number of para-hydroxylation sites is 1. The molecule has 0 saturated carbocycles. The molecular weight excluding hydrogens is 324 g/mol. The van der Waals surface area contributed by atoms with E-state index in [4.69, 9.17) is 11.6 Å². The van der Waals surface area contributed by atoms with Crippen molar-refractivity contribution in [1.82, 2.24) is 4.90 Å². The number of likely N-dealkylation sites (tertiary alicyclic amines) is 1.